The van der Waals surface area contributed by atoms with Crippen molar-refractivity contribution in [3.05, 3.63) is 43.8 Å². The molecule has 0 saturated heterocycles. The van der Waals surface area contributed by atoms with E-state index in [-0.39, 0.29) is 15.0 Å². The number of aromatic hydroxyl groups is 1. The van der Waals surface area contributed by atoms with E-state index in [2.05, 4.69) is 9.97 Å². The molecule has 0 saturated carbocycles. The van der Waals surface area contributed by atoms with E-state index in [0.717, 1.165) is 11.1 Å². The number of aromatic nitrogens is 2. The molecule has 0 amide bonds. The number of benzene rings is 1. The van der Waals surface area contributed by atoms with Crippen LogP contribution >= 0.6 is 22.6 Å². The standard InChI is InChI=1S/C11H9IN2O2/c1-6-2-4-7(5-3-6)9-13-10(15)8(12)11(16)14-9/h2-5H,1H3,(H2,13,14,15,16). The number of H-pyrrole nitrogens is 1. The maximum absolute atomic E-state index is 11.4. The number of nitrogens with one attached hydrogen (secondary N) is 1. The quantitative estimate of drug-likeness (QED) is 0.788. The SMILES string of the molecule is Cc1ccc(-c2nc(O)c(I)c(=O)[nH]2)cc1. The molecule has 2 aromatic rings. The molecule has 16 heavy (non-hydrogen) atoms. The van der Waals surface area contributed by atoms with Gasteiger partial charge in [0.1, 0.15) is 9.39 Å². The number of halogens is 1. The molecule has 1 aromatic carbocycles. The minimum Gasteiger partial charge on any atom is -0.492 e. The summed E-state index contributed by atoms with van der Waals surface area (Å²) in [6.07, 6.45) is 0. The number of rotatable bonds is 1. The van der Waals surface area contributed by atoms with E-state index in [4.69, 9.17) is 0 Å². The third kappa shape index (κ3) is 2.08. The smallest absolute Gasteiger partial charge is 0.268 e. The van der Waals surface area contributed by atoms with Crippen molar-refractivity contribution in [1.82, 2.24) is 9.97 Å². The Balaban J connectivity index is 2.57. The molecule has 0 spiro atoms. The van der Waals surface area contributed by atoms with E-state index in [1.54, 1.807) is 22.6 Å². The molecule has 82 valence electrons. The lowest BCUT2D eigenvalue weighted by atomic mass is 10.1. The number of aryl methyl sites for hydroxylation is 1. The van der Waals surface area contributed by atoms with E-state index in [1.165, 1.54) is 0 Å². The summed E-state index contributed by atoms with van der Waals surface area (Å²) < 4.78 is 0.202. The Bertz CT molecular complexity index is 576. The first kappa shape index (κ1) is 11.1. The van der Waals surface area contributed by atoms with Gasteiger partial charge in [-0.1, -0.05) is 29.8 Å². The minimum atomic E-state index is -0.330. The van der Waals surface area contributed by atoms with Crippen molar-refractivity contribution >= 4 is 22.6 Å². The van der Waals surface area contributed by atoms with Gasteiger partial charge in [0.15, 0.2) is 0 Å². The molecular formula is C11H9IN2O2. The molecule has 2 rings (SSSR count). The predicted molar refractivity (Wildman–Crippen MR) is 69.4 cm³/mol. The highest BCUT2D eigenvalue weighted by Crippen LogP contribution is 2.18. The second-order valence-corrected chi connectivity index (χ2v) is 4.50. The maximum atomic E-state index is 11.4. The Labute approximate surface area is 106 Å². The van der Waals surface area contributed by atoms with Gasteiger partial charge in [-0.15, -0.1) is 0 Å². The molecule has 1 heterocycles. The Kier molecular flexibility index (Phi) is 2.95. The van der Waals surface area contributed by atoms with Crippen LogP contribution in [0.1, 0.15) is 5.56 Å². The van der Waals surface area contributed by atoms with Crippen molar-refractivity contribution in [1.29, 1.82) is 0 Å². The summed E-state index contributed by atoms with van der Waals surface area (Å²) in [4.78, 5) is 18.0. The molecule has 0 aliphatic heterocycles. The number of hydrogen-bond acceptors (Lipinski definition) is 3. The van der Waals surface area contributed by atoms with E-state index >= 15 is 0 Å². The van der Waals surface area contributed by atoms with Gasteiger partial charge in [0.05, 0.1) is 0 Å². The van der Waals surface area contributed by atoms with Gasteiger partial charge in [-0.25, -0.2) is 0 Å². The third-order valence-electron chi connectivity index (χ3n) is 2.17. The van der Waals surface area contributed by atoms with Crippen molar-refractivity contribution < 1.29 is 5.11 Å². The minimum absolute atomic E-state index is 0.202. The molecule has 4 nitrogen and oxygen atoms in total. The van der Waals surface area contributed by atoms with Gasteiger partial charge in [-0.3, -0.25) is 4.79 Å². The zero-order chi connectivity index (χ0) is 11.7. The lowest BCUT2D eigenvalue weighted by Gasteiger charge is -2.02. The summed E-state index contributed by atoms with van der Waals surface area (Å²) in [5.41, 5.74) is 1.57. The molecule has 0 atom stereocenters. The monoisotopic (exact) mass is 328 g/mol. The predicted octanol–water partition coefficient (Wildman–Crippen LogP) is 2.06. The highest BCUT2D eigenvalue weighted by molar-refractivity contribution is 14.1. The molecule has 5 heteroatoms. The number of hydrogen-bond donors (Lipinski definition) is 2. The highest BCUT2D eigenvalue weighted by Gasteiger charge is 2.08. The number of aromatic amines is 1. The molecular weight excluding hydrogens is 319 g/mol. The molecule has 1 aromatic heterocycles. The van der Waals surface area contributed by atoms with E-state index in [9.17, 15) is 9.90 Å². The van der Waals surface area contributed by atoms with Crippen LogP contribution in [0.3, 0.4) is 0 Å². The average molecular weight is 328 g/mol. The second kappa shape index (κ2) is 4.25. The third-order valence-corrected chi connectivity index (χ3v) is 3.14. The van der Waals surface area contributed by atoms with E-state index in [0.29, 0.717) is 5.82 Å². The van der Waals surface area contributed by atoms with E-state index < -0.39 is 0 Å². The van der Waals surface area contributed by atoms with Crippen molar-refractivity contribution in [3.63, 3.8) is 0 Å². The van der Waals surface area contributed by atoms with Crippen molar-refractivity contribution in [3.8, 4) is 17.3 Å². The van der Waals surface area contributed by atoms with E-state index in [1.807, 2.05) is 31.2 Å². The fraction of sp³-hybridized carbons (Fsp3) is 0.0909. The van der Waals surface area contributed by atoms with Gasteiger partial charge in [0.25, 0.3) is 5.56 Å². The lowest BCUT2D eigenvalue weighted by molar-refractivity contribution is 0.447. The molecule has 0 fully saturated rings. The van der Waals surface area contributed by atoms with Crippen molar-refractivity contribution in [2.75, 3.05) is 0 Å². The van der Waals surface area contributed by atoms with Gasteiger partial charge in [-0.05, 0) is 29.5 Å². The maximum Gasteiger partial charge on any atom is 0.268 e. The van der Waals surface area contributed by atoms with Crippen LogP contribution in [0.2, 0.25) is 0 Å². The molecule has 0 aliphatic rings. The first-order valence-corrected chi connectivity index (χ1v) is 5.71. The van der Waals surface area contributed by atoms with Gasteiger partial charge in [0, 0.05) is 5.56 Å². The van der Waals surface area contributed by atoms with Crippen molar-refractivity contribution in [2.24, 2.45) is 0 Å². The number of nitrogens with zero attached hydrogens (tertiary/aromatic N) is 1. The molecule has 0 aliphatic carbocycles. The Hall–Kier alpha value is -1.37. The van der Waals surface area contributed by atoms with Gasteiger partial charge < -0.3 is 10.1 Å². The molecule has 0 bridgehead atoms. The van der Waals surface area contributed by atoms with Crippen LogP contribution in [0.5, 0.6) is 5.88 Å². The van der Waals surface area contributed by atoms with Gasteiger partial charge >= 0.3 is 0 Å². The topological polar surface area (TPSA) is 66.0 Å². The first-order chi connectivity index (χ1) is 7.58. The normalized spacial score (nSPS) is 10.4. The van der Waals surface area contributed by atoms with Crippen LogP contribution < -0.4 is 5.56 Å². The molecule has 0 radical (unpaired) electrons. The lowest BCUT2D eigenvalue weighted by Crippen LogP contribution is -2.12. The summed E-state index contributed by atoms with van der Waals surface area (Å²) in [6.45, 7) is 1.98. The van der Waals surface area contributed by atoms with Gasteiger partial charge in [-0.2, -0.15) is 4.98 Å². The van der Waals surface area contributed by atoms with Crippen LogP contribution in [0.25, 0.3) is 11.4 Å². The Morgan fingerprint density at radius 2 is 1.94 bits per heavy atom. The fourth-order valence-corrected chi connectivity index (χ4v) is 1.55. The molecule has 0 unspecified atom stereocenters. The van der Waals surface area contributed by atoms with Crippen LogP contribution in [-0.2, 0) is 0 Å². The van der Waals surface area contributed by atoms with Crippen molar-refractivity contribution in [2.45, 2.75) is 6.92 Å². The van der Waals surface area contributed by atoms with Crippen LogP contribution in [0.4, 0.5) is 0 Å². The summed E-state index contributed by atoms with van der Waals surface area (Å²) >= 11 is 1.75. The second-order valence-electron chi connectivity index (χ2n) is 3.42. The summed E-state index contributed by atoms with van der Waals surface area (Å²) in [5.74, 6) is 0.142. The highest BCUT2D eigenvalue weighted by atomic mass is 127. The van der Waals surface area contributed by atoms with Crippen LogP contribution in [-0.4, -0.2) is 15.1 Å². The summed E-state index contributed by atoms with van der Waals surface area (Å²) in [6, 6.07) is 7.54. The first-order valence-electron chi connectivity index (χ1n) is 4.64. The average Bonchev–Trinajstić information content (AvgIpc) is 2.26. The largest absolute Gasteiger partial charge is 0.492 e. The zero-order valence-corrected chi connectivity index (χ0v) is 10.6. The Morgan fingerprint density at radius 1 is 1.31 bits per heavy atom. The zero-order valence-electron chi connectivity index (χ0n) is 8.49. The van der Waals surface area contributed by atoms with Gasteiger partial charge in [0.2, 0.25) is 5.88 Å². The summed E-state index contributed by atoms with van der Waals surface area (Å²) in [5, 5.41) is 9.46. The van der Waals surface area contributed by atoms with Crippen LogP contribution in [0, 0.1) is 10.5 Å². The molecule has 2 N–H and O–H groups in total. The van der Waals surface area contributed by atoms with Crippen LogP contribution in [0.15, 0.2) is 29.1 Å². The fourth-order valence-electron chi connectivity index (χ4n) is 1.30. The summed E-state index contributed by atoms with van der Waals surface area (Å²) in [7, 11) is 0. The Morgan fingerprint density at radius 3 is 2.50 bits per heavy atom.